The van der Waals surface area contributed by atoms with Crippen molar-refractivity contribution in [2.24, 2.45) is 0 Å². The van der Waals surface area contributed by atoms with Crippen LogP contribution in [-0.4, -0.2) is 75.7 Å². The highest BCUT2D eigenvalue weighted by atomic mass is 16.5. The van der Waals surface area contributed by atoms with Gasteiger partial charge < -0.3 is 15.0 Å². The van der Waals surface area contributed by atoms with E-state index in [9.17, 15) is 4.79 Å². The average Bonchev–Trinajstić information content (AvgIpc) is 2.20. The van der Waals surface area contributed by atoms with Gasteiger partial charge in [-0.05, 0) is 14.1 Å². The van der Waals surface area contributed by atoms with Gasteiger partial charge in [0.25, 0.3) is 0 Å². The average molecular weight is 215 g/mol. The van der Waals surface area contributed by atoms with E-state index in [1.165, 1.54) is 7.11 Å². The second-order valence-electron chi connectivity index (χ2n) is 4.13. The van der Waals surface area contributed by atoms with Crippen LogP contribution >= 0.6 is 0 Å². The zero-order valence-corrected chi connectivity index (χ0v) is 9.82. The Kier molecular flexibility index (Phi) is 5.01. The number of carbonyl (C=O) groups is 1. The van der Waals surface area contributed by atoms with E-state index in [1.807, 2.05) is 0 Å². The SMILES string of the molecule is COCC(=O)NCC1CN(C)CCN1C. The zero-order chi connectivity index (χ0) is 11.3. The number of hydrogen-bond acceptors (Lipinski definition) is 4. The lowest BCUT2D eigenvalue weighted by Crippen LogP contribution is -2.54. The van der Waals surface area contributed by atoms with Crippen LogP contribution in [0, 0.1) is 0 Å². The molecule has 0 spiro atoms. The van der Waals surface area contributed by atoms with Gasteiger partial charge in [-0.15, -0.1) is 0 Å². The van der Waals surface area contributed by atoms with Crippen LogP contribution in [0.25, 0.3) is 0 Å². The van der Waals surface area contributed by atoms with E-state index in [2.05, 4.69) is 29.2 Å². The Hall–Kier alpha value is -0.650. The summed E-state index contributed by atoms with van der Waals surface area (Å²) >= 11 is 0. The quantitative estimate of drug-likeness (QED) is 0.653. The van der Waals surface area contributed by atoms with Crippen molar-refractivity contribution in [1.29, 1.82) is 0 Å². The van der Waals surface area contributed by atoms with E-state index in [0.29, 0.717) is 12.6 Å². The molecule has 1 atom stereocenters. The number of nitrogens with one attached hydrogen (secondary N) is 1. The number of carbonyl (C=O) groups excluding carboxylic acids is 1. The molecule has 5 heteroatoms. The molecule has 5 nitrogen and oxygen atoms in total. The molecule has 0 radical (unpaired) electrons. The standard InChI is InChI=1S/C10H21N3O2/c1-12-4-5-13(2)9(7-12)6-11-10(14)8-15-3/h9H,4-8H2,1-3H3,(H,11,14). The summed E-state index contributed by atoms with van der Waals surface area (Å²) in [6, 6.07) is 0.407. The monoisotopic (exact) mass is 215 g/mol. The van der Waals surface area contributed by atoms with Crippen molar-refractivity contribution < 1.29 is 9.53 Å². The molecule has 15 heavy (non-hydrogen) atoms. The van der Waals surface area contributed by atoms with Crippen molar-refractivity contribution in [3.63, 3.8) is 0 Å². The molecule has 1 aliphatic rings. The summed E-state index contributed by atoms with van der Waals surface area (Å²) in [5.41, 5.74) is 0. The Morgan fingerprint density at radius 3 is 2.87 bits per heavy atom. The van der Waals surface area contributed by atoms with E-state index < -0.39 is 0 Å². The first-order valence-corrected chi connectivity index (χ1v) is 5.28. The number of amides is 1. The van der Waals surface area contributed by atoms with Gasteiger partial charge in [-0.2, -0.15) is 0 Å². The predicted octanol–water partition coefficient (Wildman–Crippen LogP) is -1.01. The summed E-state index contributed by atoms with van der Waals surface area (Å²) in [6.07, 6.45) is 0. The fourth-order valence-electron chi connectivity index (χ4n) is 1.74. The Morgan fingerprint density at radius 2 is 2.20 bits per heavy atom. The number of likely N-dealkylation sites (N-methyl/N-ethyl adjacent to an activating group) is 2. The predicted molar refractivity (Wildman–Crippen MR) is 58.8 cm³/mol. The summed E-state index contributed by atoms with van der Waals surface area (Å²) in [7, 11) is 5.73. The lowest BCUT2D eigenvalue weighted by atomic mass is 10.2. The zero-order valence-electron chi connectivity index (χ0n) is 9.82. The van der Waals surface area contributed by atoms with E-state index in [0.717, 1.165) is 19.6 Å². The third-order valence-electron chi connectivity index (χ3n) is 2.79. The van der Waals surface area contributed by atoms with Gasteiger partial charge in [0, 0.05) is 39.3 Å². The molecular formula is C10H21N3O2. The summed E-state index contributed by atoms with van der Waals surface area (Å²) in [6.45, 7) is 4.00. The fourth-order valence-corrected chi connectivity index (χ4v) is 1.74. The summed E-state index contributed by atoms with van der Waals surface area (Å²) in [4.78, 5) is 15.8. The number of nitrogens with zero attached hydrogens (tertiary/aromatic N) is 2. The van der Waals surface area contributed by atoms with Crippen LogP contribution in [-0.2, 0) is 9.53 Å². The molecule has 1 amide bonds. The molecule has 1 N–H and O–H groups in total. The smallest absolute Gasteiger partial charge is 0.246 e. The summed E-state index contributed by atoms with van der Waals surface area (Å²) < 4.78 is 4.76. The maximum atomic E-state index is 11.2. The molecule has 88 valence electrons. The Bertz CT molecular complexity index is 211. The minimum absolute atomic E-state index is 0.0425. The van der Waals surface area contributed by atoms with Crippen molar-refractivity contribution in [3.8, 4) is 0 Å². The number of rotatable bonds is 4. The maximum absolute atomic E-state index is 11.2. The summed E-state index contributed by atoms with van der Waals surface area (Å²) in [5, 5.41) is 2.87. The van der Waals surface area contributed by atoms with Gasteiger partial charge >= 0.3 is 0 Å². The Morgan fingerprint density at radius 1 is 1.47 bits per heavy atom. The van der Waals surface area contributed by atoms with E-state index in [4.69, 9.17) is 4.74 Å². The van der Waals surface area contributed by atoms with Crippen molar-refractivity contribution >= 4 is 5.91 Å². The number of methoxy groups -OCH3 is 1. The van der Waals surface area contributed by atoms with Crippen LogP contribution in [0.3, 0.4) is 0 Å². The molecule has 1 fully saturated rings. The molecule has 1 unspecified atom stereocenters. The molecule has 1 heterocycles. The van der Waals surface area contributed by atoms with Crippen LogP contribution in [0.2, 0.25) is 0 Å². The van der Waals surface area contributed by atoms with Gasteiger partial charge in [-0.1, -0.05) is 0 Å². The van der Waals surface area contributed by atoms with Crippen molar-refractivity contribution in [3.05, 3.63) is 0 Å². The topological polar surface area (TPSA) is 44.8 Å². The van der Waals surface area contributed by atoms with Gasteiger partial charge in [0.2, 0.25) is 5.91 Å². The van der Waals surface area contributed by atoms with Crippen LogP contribution in [0.15, 0.2) is 0 Å². The van der Waals surface area contributed by atoms with Crippen molar-refractivity contribution in [2.75, 3.05) is 54.0 Å². The van der Waals surface area contributed by atoms with Gasteiger partial charge in [0.15, 0.2) is 0 Å². The third kappa shape index (κ3) is 4.15. The van der Waals surface area contributed by atoms with E-state index >= 15 is 0 Å². The van der Waals surface area contributed by atoms with E-state index in [-0.39, 0.29) is 12.5 Å². The van der Waals surface area contributed by atoms with Gasteiger partial charge in [0.1, 0.15) is 6.61 Å². The molecule has 1 saturated heterocycles. The molecule has 0 aromatic carbocycles. The fraction of sp³-hybridized carbons (Fsp3) is 0.900. The van der Waals surface area contributed by atoms with Crippen LogP contribution in [0.4, 0.5) is 0 Å². The van der Waals surface area contributed by atoms with Crippen molar-refractivity contribution in [1.82, 2.24) is 15.1 Å². The molecule has 0 saturated carbocycles. The molecule has 0 aromatic heterocycles. The first kappa shape index (κ1) is 12.4. The highest BCUT2D eigenvalue weighted by Gasteiger charge is 2.22. The number of hydrogen-bond donors (Lipinski definition) is 1. The molecule has 0 bridgehead atoms. The lowest BCUT2D eigenvalue weighted by Gasteiger charge is -2.37. The van der Waals surface area contributed by atoms with E-state index in [1.54, 1.807) is 0 Å². The third-order valence-corrected chi connectivity index (χ3v) is 2.79. The highest BCUT2D eigenvalue weighted by Crippen LogP contribution is 2.04. The second kappa shape index (κ2) is 6.05. The number of piperazine rings is 1. The summed E-state index contributed by atoms with van der Waals surface area (Å²) in [5.74, 6) is -0.0425. The molecule has 0 aromatic rings. The second-order valence-corrected chi connectivity index (χ2v) is 4.13. The van der Waals surface area contributed by atoms with Crippen LogP contribution in [0.1, 0.15) is 0 Å². The molecule has 1 rings (SSSR count). The Labute approximate surface area is 91.4 Å². The first-order valence-electron chi connectivity index (χ1n) is 5.28. The van der Waals surface area contributed by atoms with Crippen molar-refractivity contribution in [2.45, 2.75) is 6.04 Å². The molecular weight excluding hydrogens is 194 g/mol. The Balaban J connectivity index is 2.27. The lowest BCUT2D eigenvalue weighted by molar-refractivity contribution is -0.125. The normalized spacial score (nSPS) is 24.1. The first-order chi connectivity index (χ1) is 7.13. The minimum atomic E-state index is -0.0425. The van der Waals surface area contributed by atoms with Crippen LogP contribution < -0.4 is 5.32 Å². The molecule has 0 aliphatic carbocycles. The van der Waals surface area contributed by atoms with Gasteiger partial charge in [-0.25, -0.2) is 0 Å². The molecule has 1 aliphatic heterocycles. The minimum Gasteiger partial charge on any atom is -0.375 e. The highest BCUT2D eigenvalue weighted by molar-refractivity contribution is 5.77. The largest absolute Gasteiger partial charge is 0.375 e. The van der Waals surface area contributed by atoms with Gasteiger partial charge in [-0.3, -0.25) is 9.69 Å². The number of ether oxygens (including phenoxy) is 1. The maximum Gasteiger partial charge on any atom is 0.246 e. The van der Waals surface area contributed by atoms with Gasteiger partial charge in [0.05, 0.1) is 0 Å². The van der Waals surface area contributed by atoms with Crippen LogP contribution in [0.5, 0.6) is 0 Å².